The molecule has 2 aliphatic heterocycles. The van der Waals surface area contributed by atoms with Gasteiger partial charge in [0.1, 0.15) is 11.5 Å². The Kier molecular flexibility index (Phi) is 5.83. The highest BCUT2D eigenvalue weighted by atomic mass is 32.1. The van der Waals surface area contributed by atoms with E-state index < -0.39 is 11.5 Å². The van der Waals surface area contributed by atoms with Crippen LogP contribution in [-0.4, -0.2) is 39.0 Å². The number of aryl methyl sites for hydroxylation is 1. The molecule has 7 nitrogen and oxygen atoms in total. The molecule has 0 spiro atoms. The highest BCUT2D eigenvalue weighted by Crippen LogP contribution is 2.45. The van der Waals surface area contributed by atoms with Gasteiger partial charge in [-0.15, -0.1) is 0 Å². The number of nitrogens with one attached hydrogen (secondary N) is 2. The van der Waals surface area contributed by atoms with Gasteiger partial charge in [-0.1, -0.05) is 42.0 Å². The molecule has 1 aromatic heterocycles. The summed E-state index contributed by atoms with van der Waals surface area (Å²) < 4.78 is 6.31. The van der Waals surface area contributed by atoms with Crippen molar-refractivity contribution in [2.75, 3.05) is 13.1 Å². The molecule has 0 radical (unpaired) electrons. The van der Waals surface area contributed by atoms with Crippen molar-refractivity contribution in [3.63, 3.8) is 0 Å². The van der Waals surface area contributed by atoms with Gasteiger partial charge in [0.15, 0.2) is 4.77 Å². The van der Waals surface area contributed by atoms with Gasteiger partial charge in [-0.25, -0.2) is 0 Å². The molecule has 3 N–H and O–H groups in total. The number of carbonyl (C=O) groups is 1. The number of benzene rings is 2. The van der Waals surface area contributed by atoms with E-state index in [4.69, 9.17) is 17.0 Å². The fraction of sp³-hybridized carbons (Fsp3) is 0.269. The normalized spacial score (nSPS) is 17.8. The van der Waals surface area contributed by atoms with Crippen molar-refractivity contribution in [1.82, 2.24) is 14.9 Å². The molecule has 8 heteroatoms. The Bertz CT molecular complexity index is 1400. The molecule has 2 aliphatic rings. The van der Waals surface area contributed by atoms with Crippen molar-refractivity contribution in [3.8, 4) is 11.6 Å². The van der Waals surface area contributed by atoms with Gasteiger partial charge < -0.3 is 19.7 Å². The number of aromatic nitrogens is 2. The molecule has 174 valence electrons. The van der Waals surface area contributed by atoms with Crippen molar-refractivity contribution in [3.05, 3.63) is 91.5 Å². The zero-order valence-electron chi connectivity index (χ0n) is 18.8. The fourth-order valence-corrected chi connectivity index (χ4v) is 4.88. The Morgan fingerprint density at radius 1 is 1.06 bits per heavy atom. The third kappa shape index (κ3) is 3.94. The fourth-order valence-electron chi connectivity index (χ4n) is 4.70. The van der Waals surface area contributed by atoms with E-state index in [1.165, 1.54) is 0 Å². The molecule has 0 saturated carbocycles. The highest BCUT2D eigenvalue weighted by Gasteiger charge is 2.40. The molecule has 3 heterocycles. The summed E-state index contributed by atoms with van der Waals surface area (Å²) in [7, 11) is 0. The summed E-state index contributed by atoms with van der Waals surface area (Å²) in [6, 6.07) is 14.5. The first-order valence-electron chi connectivity index (χ1n) is 11.4. The number of amides is 1. The number of nitrogens with zero attached hydrogens (tertiary/aromatic N) is 1. The maximum atomic E-state index is 14.1. The second-order valence-corrected chi connectivity index (χ2v) is 9.12. The number of aromatic hydroxyl groups is 1. The summed E-state index contributed by atoms with van der Waals surface area (Å²) >= 11 is 5.19. The van der Waals surface area contributed by atoms with Gasteiger partial charge in [0.2, 0.25) is 5.88 Å². The Hall–Kier alpha value is -3.65. The molecule has 1 atom stereocenters. The van der Waals surface area contributed by atoms with Crippen molar-refractivity contribution in [1.29, 1.82) is 0 Å². The minimum Gasteiger partial charge on any atom is -0.507 e. The van der Waals surface area contributed by atoms with Crippen LogP contribution in [0.25, 0.3) is 5.76 Å². The minimum absolute atomic E-state index is 0.0176. The number of hydrogen-bond acceptors (Lipinski definition) is 5. The topological polar surface area (TPSA) is 98.4 Å². The van der Waals surface area contributed by atoms with Gasteiger partial charge in [0.25, 0.3) is 11.5 Å². The van der Waals surface area contributed by atoms with Crippen LogP contribution in [0.1, 0.15) is 47.4 Å². The summed E-state index contributed by atoms with van der Waals surface area (Å²) in [5.74, 6) is -0.522. The first-order valence-corrected chi connectivity index (χ1v) is 11.8. The number of rotatable bonds is 3. The molecule has 0 bridgehead atoms. The molecule has 5 rings (SSSR count). The monoisotopic (exact) mass is 475 g/mol. The Morgan fingerprint density at radius 3 is 2.47 bits per heavy atom. The number of H-pyrrole nitrogens is 2. The average Bonchev–Trinajstić information content (AvgIpc) is 2.84. The van der Waals surface area contributed by atoms with Gasteiger partial charge >= 0.3 is 0 Å². The van der Waals surface area contributed by atoms with Crippen LogP contribution in [0.15, 0.2) is 58.9 Å². The summed E-state index contributed by atoms with van der Waals surface area (Å²) in [4.78, 5) is 34.6. The van der Waals surface area contributed by atoms with Crippen molar-refractivity contribution < 1.29 is 14.6 Å². The van der Waals surface area contributed by atoms with Crippen molar-refractivity contribution >= 4 is 23.9 Å². The average molecular weight is 476 g/mol. The van der Waals surface area contributed by atoms with Crippen molar-refractivity contribution in [2.24, 2.45) is 0 Å². The van der Waals surface area contributed by atoms with E-state index in [0.29, 0.717) is 24.2 Å². The van der Waals surface area contributed by atoms with E-state index in [1.54, 1.807) is 24.3 Å². The summed E-state index contributed by atoms with van der Waals surface area (Å²) in [5.41, 5.74) is 2.42. The highest BCUT2D eigenvalue weighted by molar-refractivity contribution is 7.71. The van der Waals surface area contributed by atoms with Crippen LogP contribution >= 0.6 is 12.2 Å². The Morgan fingerprint density at radius 2 is 1.76 bits per heavy atom. The third-order valence-electron chi connectivity index (χ3n) is 6.40. The lowest BCUT2D eigenvalue weighted by molar-refractivity contribution is -0.128. The number of piperidine rings is 1. The molecule has 1 unspecified atom stereocenters. The summed E-state index contributed by atoms with van der Waals surface area (Å²) in [6.07, 6.45) is 2.92. The molecule has 3 aromatic rings. The van der Waals surface area contributed by atoms with Crippen LogP contribution in [0.2, 0.25) is 0 Å². The number of hydrogen-bond donors (Lipinski definition) is 3. The second kappa shape index (κ2) is 8.95. The van der Waals surface area contributed by atoms with Crippen molar-refractivity contribution in [2.45, 2.75) is 32.1 Å². The van der Waals surface area contributed by atoms with Crippen LogP contribution in [0.4, 0.5) is 0 Å². The van der Waals surface area contributed by atoms with Crippen LogP contribution in [0.3, 0.4) is 0 Å². The van der Waals surface area contributed by atoms with Gasteiger partial charge in [0, 0.05) is 13.1 Å². The zero-order valence-corrected chi connectivity index (χ0v) is 19.6. The first kappa shape index (κ1) is 22.2. The number of likely N-dealkylation sites (tertiary alicyclic amines) is 1. The maximum absolute atomic E-state index is 14.1. The number of carbonyl (C=O) groups excluding carboxylic acids is 1. The third-order valence-corrected chi connectivity index (χ3v) is 6.61. The largest absolute Gasteiger partial charge is 0.507 e. The standard InChI is InChI=1S/C26H25N3O4S/c1-15-9-11-16(12-10-15)19-20(25(32)29-13-5-2-6-14-29)22(17-7-3-4-8-18(17)30)33-24-21(19)23(31)27-26(34)28-24/h3-4,7-12,19,30H,2,5-6,13-14H2,1H3,(H2,27,28,31,34). The Labute approximate surface area is 201 Å². The molecular formula is C26H25N3O4S. The predicted octanol–water partition coefficient (Wildman–Crippen LogP) is 4.39. The number of aromatic amines is 2. The number of fused-ring (bicyclic) bond motifs is 1. The van der Waals surface area contributed by atoms with E-state index in [9.17, 15) is 14.7 Å². The number of ether oxygens (including phenoxy) is 1. The smallest absolute Gasteiger partial charge is 0.259 e. The minimum atomic E-state index is -0.705. The molecule has 1 saturated heterocycles. The predicted molar refractivity (Wildman–Crippen MR) is 131 cm³/mol. The number of phenols is 1. The van der Waals surface area contributed by atoms with Gasteiger partial charge in [-0.05, 0) is 56.1 Å². The van der Waals surface area contributed by atoms with E-state index >= 15 is 0 Å². The first-order chi connectivity index (χ1) is 16.4. The van der Waals surface area contributed by atoms with Crippen LogP contribution in [-0.2, 0) is 4.79 Å². The number of phenolic OH excluding ortho intramolecular Hbond substituents is 1. The maximum Gasteiger partial charge on any atom is 0.259 e. The van der Waals surface area contributed by atoms with E-state index in [2.05, 4.69) is 9.97 Å². The molecular weight excluding hydrogens is 450 g/mol. The van der Waals surface area contributed by atoms with Gasteiger partial charge in [0.05, 0.1) is 22.6 Å². The summed E-state index contributed by atoms with van der Waals surface area (Å²) in [5, 5.41) is 10.7. The molecule has 34 heavy (non-hydrogen) atoms. The number of para-hydroxylation sites is 1. The van der Waals surface area contributed by atoms with E-state index in [0.717, 1.165) is 30.4 Å². The van der Waals surface area contributed by atoms with Crippen LogP contribution in [0, 0.1) is 11.7 Å². The van der Waals surface area contributed by atoms with Crippen LogP contribution < -0.4 is 10.3 Å². The lowest BCUT2D eigenvalue weighted by Gasteiger charge is -2.34. The summed E-state index contributed by atoms with van der Waals surface area (Å²) in [6.45, 7) is 3.25. The van der Waals surface area contributed by atoms with Gasteiger partial charge in [-0.3, -0.25) is 14.6 Å². The van der Waals surface area contributed by atoms with Gasteiger partial charge in [-0.2, -0.15) is 0 Å². The quantitative estimate of drug-likeness (QED) is 0.488. The molecule has 1 amide bonds. The lowest BCUT2D eigenvalue weighted by atomic mass is 9.81. The SMILES string of the molecule is Cc1ccc(C2C(C(=O)N3CCCCC3)=C(c3ccccc3O)Oc3[nH]c(=S)[nH]c(=O)c32)cc1. The molecule has 1 fully saturated rings. The lowest BCUT2D eigenvalue weighted by Crippen LogP contribution is -2.40. The zero-order chi connectivity index (χ0) is 23.8. The van der Waals surface area contributed by atoms with E-state index in [-0.39, 0.29) is 33.6 Å². The Balaban J connectivity index is 1.82. The second-order valence-electron chi connectivity index (χ2n) is 8.71. The van der Waals surface area contributed by atoms with Crippen LogP contribution in [0.5, 0.6) is 11.6 Å². The molecule has 2 aromatic carbocycles. The molecule has 0 aliphatic carbocycles. The van der Waals surface area contributed by atoms with E-state index in [1.807, 2.05) is 36.1 Å².